The van der Waals surface area contributed by atoms with Crippen LogP contribution in [0.3, 0.4) is 0 Å². The van der Waals surface area contributed by atoms with Gasteiger partial charge in [0, 0.05) is 12.1 Å². The molecule has 0 aliphatic heterocycles. The van der Waals surface area contributed by atoms with Gasteiger partial charge in [-0.2, -0.15) is 0 Å². The number of carbonyl (C=O) groups is 2. The Labute approximate surface area is 107 Å². The summed E-state index contributed by atoms with van der Waals surface area (Å²) in [6.07, 6.45) is 1.09. The Morgan fingerprint density at radius 2 is 1.94 bits per heavy atom. The van der Waals surface area contributed by atoms with Crippen LogP contribution in [0.4, 0.5) is 4.79 Å². The fraction of sp³-hybridized carbons (Fsp3) is 0.833. The van der Waals surface area contributed by atoms with E-state index in [1.807, 2.05) is 0 Å². The number of nitrogens with one attached hydrogen (secondary N) is 1. The van der Waals surface area contributed by atoms with Crippen molar-refractivity contribution in [2.24, 2.45) is 11.7 Å². The molecule has 0 aromatic carbocycles. The molecule has 0 aromatic heterocycles. The van der Waals surface area contributed by atoms with Gasteiger partial charge < -0.3 is 20.9 Å². The quantitative estimate of drug-likeness (QED) is 0.688. The van der Waals surface area contributed by atoms with Gasteiger partial charge in [0.15, 0.2) is 0 Å². The number of rotatable bonds is 2. The van der Waals surface area contributed by atoms with Crippen molar-refractivity contribution in [3.8, 4) is 0 Å². The zero-order chi connectivity index (χ0) is 13.9. The molecule has 0 aromatic rings. The Morgan fingerprint density at radius 1 is 1.33 bits per heavy atom. The summed E-state index contributed by atoms with van der Waals surface area (Å²) in [6, 6.07) is -0.514. The molecule has 0 radical (unpaired) electrons. The van der Waals surface area contributed by atoms with Crippen molar-refractivity contribution < 1.29 is 19.4 Å². The van der Waals surface area contributed by atoms with Gasteiger partial charge in [-0.05, 0) is 40.0 Å². The first-order valence-corrected chi connectivity index (χ1v) is 6.17. The van der Waals surface area contributed by atoms with E-state index in [0.717, 1.165) is 0 Å². The summed E-state index contributed by atoms with van der Waals surface area (Å²) < 4.78 is 5.12. The van der Waals surface area contributed by atoms with E-state index in [1.165, 1.54) is 0 Å². The van der Waals surface area contributed by atoms with E-state index >= 15 is 0 Å². The van der Waals surface area contributed by atoms with Crippen molar-refractivity contribution in [2.75, 3.05) is 0 Å². The van der Waals surface area contributed by atoms with Crippen LogP contribution >= 0.6 is 0 Å². The predicted octanol–water partition coefficient (Wildman–Crippen LogP) is 1.09. The van der Waals surface area contributed by atoms with Gasteiger partial charge in [-0.1, -0.05) is 0 Å². The summed E-state index contributed by atoms with van der Waals surface area (Å²) in [7, 11) is 0. The van der Waals surface area contributed by atoms with E-state index in [2.05, 4.69) is 5.32 Å². The summed E-state index contributed by atoms with van der Waals surface area (Å²) in [6.45, 7) is 5.29. The van der Waals surface area contributed by atoms with Crippen molar-refractivity contribution in [3.63, 3.8) is 0 Å². The van der Waals surface area contributed by atoms with Crippen molar-refractivity contribution in [1.29, 1.82) is 0 Å². The van der Waals surface area contributed by atoms with Crippen molar-refractivity contribution in [1.82, 2.24) is 5.32 Å². The molecule has 1 fully saturated rings. The zero-order valence-corrected chi connectivity index (χ0v) is 11.1. The van der Waals surface area contributed by atoms with E-state index < -0.39 is 29.6 Å². The molecule has 0 spiro atoms. The summed E-state index contributed by atoms with van der Waals surface area (Å²) in [5.41, 5.74) is 5.16. The average Bonchev–Trinajstić information content (AvgIpc) is 2.17. The minimum absolute atomic E-state index is 0.109. The van der Waals surface area contributed by atoms with Gasteiger partial charge in [0.25, 0.3) is 0 Å². The predicted molar refractivity (Wildman–Crippen MR) is 66.1 cm³/mol. The highest BCUT2D eigenvalue weighted by Crippen LogP contribution is 2.24. The van der Waals surface area contributed by atoms with Gasteiger partial charge in [0.05, 0.1) is 5.92 Å². The molecule has 104 valence electrons. The molecule has 18 heavy (non-hydrogen) atoms. The molecular formula is C12H22N2O4. The number of hydrogen-bond acceptors (Lipinski definition) is 4. The molecule has 1 aliphatic carbocycles. The summed E-state index contributed by atoms with van der Waals surface area (Å²) in [5, 5.41) is 11.8. The first-order valence-electron chi connectivity index (χ1n) is 6.17. The Bertz CT molecular complexity index is 325. The third-order valence-electron chi connectivity index (χ3n) is 2.91. The van der Waals surface area contributed by atoms with Crippen molar-refractivity contribution in [3.05, 3.63) is 0 Å². The standard InChI is InChI=1S/C12H22N2O4/c1-12(2,3)18-11(17)14-9-5-4-7(13)6-8(9)10(15)16/h7-9H,4-6,13H2,1-3H3,(H,14,17)(H,15,16). The van der Waals surface area contributed by atoms with E-state index in [0.29, 0.717) is 19.3 Å². The normalized spacial score (nSPS) is 28.6. The third kappa shape index (κ3) is 4.52. The maximum absolute atomic E-state index is 11.6. The zero-order valence-electron chi connectivity index (χ0n) is 11.1. The molecule has 1 saturated carbocycles. The minimum Gasteiger partial charge on any atom is -0.481 e. The second-order valence-corrected chi connectivity index (χ2v) is 5.77. The second-order valence-electron chi connectivity index (χ2n) is 5.77. The lowest BCUT2D eigenvalue weighted by Gasteiger charge is -2.33. The smallest absolute Gasteiger partial charge is 0.407 e. The molecular weight excluding hydrogens is 236 g/mol. The number of aliphatic carboxylic acids is 1. The number of ether oxygens (including phenoxy) is 1. The number of alkyl carbamates (subject to hydrolysis) is 1. The lowest BCUT2D eigenvalue weighted by atomic mass is 9.82. The van der Waals surface area contributed by atoms with Gasteiger partial charge in [-0.15, -0.1) is 0 Å². The molecule has 1 aliphatic rings. The molecule has 3 atom stereocenters. The molecule has 4 N–H and O–H groups in total. The van der Waals surface area contributed by atoms with E-state index in [9.17, 15) is 9.59 Å². The SMILES string of the molecule is CC(C)(C)OC(=O)NC1CCC(N)CC1C(=O)O. The van der Waals surface area contributed by atoms with Crippen molar-refractivity contribution in [2.45, 2.75) is 57.7 Å². The molecule has 1 rings (SSSR count). The van der Waals surface area contributed by atoms with E-state index in [1.54, 1.807) is 20.8 Å². The summed E-state index contributed by atoms with van der Waals surface area (Å²) in [4.78, 5) is 22.7. The van der Waals surface area contributed by atoms with Gasteiger partial charge in [-0.25, -0.2) is 4.79 Å². The van der Waals surface area contributed by atoms with Crippen molar-refractivity contribution >= 4 is 12.1 Å². The number of hydrogen-bond donors (Lipinski definition) is 3. The fourth-order valence-corrected chi connectivity index (χ4v) is 2.11. The monoisotopic (exact) mass is 258 g/mol. The second kappa shape index (κ2) is 5.56. The van der Waals surface area contributed by atoms with Gasteiger partial charge in [-0.3, -0.25) is 4.79 Å². The molecule has 3 unspecified atom stereocenters. The molecule has 0 saturated heterocycles. The molecule has 6 heteroatoms. The van der Waals surface area contributed by atoms with Crippen LogP contribution in [0, 0.1) is 5.92 Å². The number of carboxylic acid groups (broad SMARTS) is 1. The van der Waals surface area contributed by atoms with E-state index in [4.69, 9.17) is 15.6 Å². The van der Waals surface area contributed by atoms with Crippen LogP contribution < -0.4 is 11.1 Å². The van der Waals surface area contributed by atoms with Crippen LogP contribution in [-0.4, -0.2) is 34.9 Å². The summed E-state index contributed by atoms with van der Waals surface area (Å²) in [5.74, 6) is -1.56. The summed E-state index contributed by atoms with van der Waals surface area (Å²) >= 11 is 0. The largest absolute Gasteiger partial charge is 0.481 e. The number of carbonyl (C=O) groups excluding carboxylic acids is 1. The molecule has 1 amide bonds. The van der Waals surface area contributed by atoms with Gasteiger partial charge in [0.2, 0.25) is 0 Å². The van der Waals surface area contributed by atoms with Crippen LogP contribution in [0.25, 0.3) is 0 Å². The Hall–Kier alpha value is -1.30. The van der Waals surface area contributed by atoms with Crippen LogP contribution in [0.1, 0.15) is 40.0 Å². The van der Waals surface area contributed by atoms with Crippen LogP contribution in [0.5, 0.6) is 0 Å². The average molecular weight is 258 g/mol. The lowest BCUT2D eigenvalue weighted by molar-refractivity contribution is -0.143. The molecule has 0 heterocycles. The van der Waals surface area contributed by atoms with E-state index in [-0.39, 0.29) is 6.04 Å². The lowest BCUT2D eigenvalue weighted by Crippen LogP contribution is -2.50. The first kappa shape index (κ1) is 14.8. The van der Waals surface area contributed by atoms with Crippen LogP contribution in [0.2, 0.25) is 0 Å². The Balaban J connectivity index is 2.59. The number of nitrogens with two attached hydrogens (primary N) is 1. The molecule has 0 bridgehead atoms. The Morgan fingerprint density at radius 3 is 2.44 bits per heavy atom. The highest BCUT2D eigenvalue weighted by molar-refractivity contribution is 5.74. The van der Waals surface area contributed by atoms with Gasteiger partial charge in [0.1, 0.15) is 5.60 Å². The minimum atomic E-state index is -0.925. The topological polar surface area (TPSA) is 102 Å². The fourth-order valence-electron chi connectivity index (χ4n) is 2.11. The third-order valence-corrected chi connectivity index (χ3v) is 2.91. The highest BCUT2D eigenvalue weighted by Gasteiger charge is 2.35. The maximum Gasteiger partial charge on any atom is 0.407 e. The van der Waals surface area contributed by atoms with Crippen LogP contribution in [-0.2, 0) is 9.53 Å². The molecule has 6 nitrogen and oxygen atoms in total. The number of carboxylic acids is 1. The highest BCUT2D eigenvalue weighted by atomic mass is 16.6. The maximum atomic E-state index is 11.6. The van der Waals surface area contributed by atoms with Crippen LogP contribution in [0.15, 0.2) is 0 Å². The van der Waals surface area contributed by atoms with Gasteiger partial charge >= 0.3 is 12.1 Å². The first-order chi connectivity index (χ1) is 8.19. The number of amides is 1. The Kier molecular flexibility index (Phi) is 4.56.